The molecule has 0 spiro atoms. The van der Waals surface area contributed by atoms with Crippen molar-refractivity contribution in [3.8, 4) is 0 Å². The van der Waals surface area contributed by atoms with E-state index in [1.807, 2.05) is 20.8 Å². The molecule has 1 rings (SSSR count). The summed E-state index contributed by atoms with van der Waals surface area (Å²) in [6.07, 6.45) is 0.544. The zero-order valence-electron chi connectivity index (χ0n) is 9.87. The molecule has 1 heterocycles. The van der Waals surface area contributed by atoms with E-state index in [0.717, 1.165) is 17.1 Å². The number of hydrogen-bond donors (Lipinski definition) is 2. The highest BCUT2D eigenvalue weighted by Crippen LogP contribution is 2.24. The van der Waals surface area contributed by atoms with E-state index in [4.69, 9.17) is 0 Å². The number of nitrogens with zero attached hydrogens (tertiary/aromatic N) is 1. The molecule has 1 aromatic heterocycles. The second-order valence-corrected chi connectivity index (χ2v) is 5.11. The maximum atomic E-state index is 9.45. The van der Waals surface area contributed by atoms with Gasteiger partial charge in [-0.2, -0.15) is 0 Å². The van der Waals surface area contributed by atoms with Gasteiger partial charge in [-0.1, -0.05) is 6.92 Å². The lowest BCUT2D eigenvalue weighted by molar-refractivity contribution is 0.164. The summed E-state index contributed by atoms with van der Waals surface area (Å²) in [5, 5.41) is 13.9. The van der Waals surface area contributed by atoms with Crippen LogP contribution in [-0.4, -0.2) is 22.7 Å². The Hall–Kier alpha value is -0.450. The van der Waals surface area contributed by atoms with E-state index in [0.29, 0.717) is 6.54 Å². The van der Waals surface area contributed by atoms with Crippen LogP contribution in [0.1, 0.15) is 41.9 Å². The van der Waals surface area contributed by atoms with E-state index in [9.17, 15) is 5.11 Å². The molecule has 0 aromatic carbocycles. The predicted molar refractivity (Wildman–Crippen MR) is 64.3 cm³/mol. The highest BCUT2D eigenvalue weighted by atomic mass is 32.1. The number of hydrogen-bond acceptors (Lipinski definition) is 4. The van der Waals surface area contributed by atoms with Gasteiger partial charge in [-0.05, 0) is 27.2 Å². The minimum Gasteiger partial charge on any atom is -0.392 e. The lowest BCUT2D eigenvalue weighted by Crippen LogP contribution is -2.28. The van der Waals surface area contributed by atoms with Gasteiger partial charge in [0.05, 0.1) is 16.8 Å². The maximum absolute atomic E-state index is 9.45. The Bertz CT molecular complexity index is 312. The molecule has 0 aliphatic heterocycles. The largest absolute Gasteiger partial charge is 0.392 e. The van der Waals surface area contributed by atoms with E-state index < -0.39 is 0 Å². The fourth-order valence-electron chi connectivity index (χ4n) is 1.50. The predicted octanol–water partition coefficient (Wildman–Crippen LogP) is 2.18. The van der Waals surface area contributed by atoms with E-state index in [2.05, 4.69) is 17.2 Å². The third-order valence-electron chi connectivity index (χ3n) is 2.46. The Kier molecular flexibility index (Phi) is 4.70. The van der Waals surface area contributed by atoms with Crippen molar-refractivity contribution < 1.29 is 5.11 Å². The van der Waals surface area contributed by atoms with Gasteiger partial charge in [0.15, 0.2) is 0 Å². The monoisotopic (exact) mass is 228 g/mol. The van der Waals surface area contributed by atoms with Gasteiger partial charge in [-0.3, -0.25) is 0 Å². The first-order chi connectivity index (χ1) is 7.04. The van der Waals surface area contributed by atoms with Gasteiger partial charge in [0, 0.05) is 17.5 Å². The molecule has 2 N–H and O–H groups in total. The van der Waals surface area contributed by atoms with Gasteiger partial charge >= 0.3 is 0 Å². The summed E-state index contributed by atoms with van der Waals surface area (Å²) in [5.74, 6) is 0. The van der Waals surface area contributed by atoms with Crippen molar-refractivity contribution in [2.24, 2.45) is 0 Å². The average Bonchev–Trinajstić information content (AvgIpc) is 2.53. The summed E-state index contributed by atoms with van der Waals surface area (Å²) in [6.45, 7) is 8.80. The van der Waals surface area contributed by atoms with Crippen LogP contribution in [0.3, 0.4) is 0 Å². The number of aliphatic hydroxyl groups excluding tert-OH is 1. The number of rotatable bonds is 5. The Morgan fingerprint density at radius 1 is 1.47 bits per heavy atom. The SMILES string of the molecule is CCC(O)CNC(C)c1sc(C)nc1C. The average molecular weight is 228 g/mol. The van der Waals surface area contributed by atoms with Gasteiger partial charge in [0.1, 0.15) is 0 Å². The lowest BCUT2D eigenvalue weighted by Gasteiger charge is -2.15. The fraction of sp³-hybridized carbons (Fsp3) is 0.727. The third-order valence-corrected chi connectivity index (χ3v) is 3.72. The molecule has 2 unspecified atom stereocenters. The normalized spacial score (nSPS) is 15.3. The van der Waals surface area contributed by atoms with E-state index in [-0.39, 0.29) is 12.1 Å². The van der Waals surface area contributed by atoms with Crippen molar-refractivity contribution in [2.45, 2.75) is 46.3 Å². The zero-order valence-corrected chi connectivity index (χ0v) is 10.7. The number of aliphatic hydroxyl groups is 1. The smallest absolute Gasteiger partial charge is 0.0900 e. The molecule has 0 saturated carbocycles. The van der Waals surface area contributed by atoms with Gasteiger partial charge in [-0.15, -0.1) is 11.3 Å². The van der Waals surface area contributed by atoms with Gasteiger partial charge < -0.3 is 10.4 Å². The minimum atomic E-state index is -0.248. The highest BCUT2D eigenvalue weighted by molar-refractivity contribution is 7.11. The van der Waals surface area contributed by atoms with Gasteiger partial charge in [0.2, 0.25) is 0 Å². The molecule has 0 fully saturated rings. The van der Waals surface area contributed by atoms with E-state index >= 15 is 0 Å². The maximum Gasteiger partial charge on any atom is 0.0900 e. The molecule has 0 saturated heterocycles. The molecule has 4 heteroatoms. The summed E-state index contributed by atoms with van der Waals surface area (Å²) in [7, 11) is 0. The number of aryl methyl sites for hydroxylation is 2. The summed E-state index contributed by atoms with van der Waals surface area (Å²) < 4.78 is 0. The zero-order chi connectivity index (χ0) is 11.4. The van der Waals surface area contributed by atoms with Crippen LogP contribution >= 0.6 is 11.3 Å². The van der Waals surface area contributed by atoms with Gasteiger partial charge in [-0.25, -0.2) is 4.98 Å². The first-order valence-corrected chi connectivity index (χ1v) is 6.21. The molecule has 0 aliphatic carbocycles. The number of aromatic nitrogens is 1. The molecule has 86 valence electrons. The molecule has 0 amide bonds. The molecule has 1 aromatic rings. The molecule has 2 atom stereocenters. The van der Waals surface area contributed by atoms with Crippen molar-refractivity contribution in [1.82, 2.24) is 10.3 Å². The quantitative estimate of drug-likeness (QED) is 0.812. The number of nitrogens with one attached hydrogen (secondary N) is 1. The molecule has 0 aliphatic rings. The highest BCUT2D eigenvalue weighted by Gasteiger charge is 2.13. The summed E-state index contributed by atoms with van der Waals surface area (Å²) in [6, 6.07) is 0.275. The Morgan fingerprint density at radius 2 is 2.13 bits per heavy atom. The van der Waals surface area contributed by atoms with Crippen LogP contribution in [0.25, 0.3) is 0 Å². The van der Waals surface area contributed by atoms with Crippen LogP contribution < -0.4 is 5.32 Å². The Morgan fingerprint density at radius 3 is 2.60 bits per heavy atom. The molecule has 0 bridgehead atoms. The van der Waals surface area contributed by atoms with E-state index in [1.54, 1.807) is 11.3 Å². The second-order valence-electron chi connectivity index (χ2n) is 3.87. The summed E-state index contributed by atoms with van der Waals surface area (Å²) in [5.41, 5.74) is 1.10. The van der Waals surface area contributed by atoms with Crippen molar-refractivity contribution in [3.63, 3.8) is 0 Å². The molecule has 15 heavy (non-hydrogen) atoms. The van der Waals surface area contributed by atoms with Crippen LogP contribution in [0.4, 0.5) is 0 Å². The molecular weight excluding hydrogens is 208 g/mol. The van der Waals surface area contributed by atoms with Crippen molar-refractivity contribution >= 4 is 11.3 Å². The van der Waals surface area contributed by atoms with Crippen LogP contribution in [-0.2, 0) is 0 Å². The van der Waals surface area contributed by atoms with Crippen molar-refractivity contribution in [2.75, 3.05) is 6.54 Å². The van der Waals surface area contributed by atoms with Gasteiger partial charge in [0.25, 0.3) is 0 Å². The van der Waals surface area contributed by atoms with Crippen LogP contribution in [0, 0.1) is 13.8 Å². The van der Waals surface area contributed by atoms with Crippen LogP contribution in [0.15, 0.2) is 0 Å². The molecule has 0 radical (unpaired) electrons. The topological polar surface area (TPSA) is 45.1 Å². The first kappa shape index (κ1) is 12.6. The molecule has 3 nitrogen and oxygen atoms in total. The van der Waals surface area contributed by atoms with Crippen molar-refractivity contribution in [3.05, 3.63) is 15.6 Å². The Labute approximate surface area is 95.6 Å². The number of thiazole rings is 1. The van der Waals surface area contributed by atoms with E-state index in [1.165, 1.54) is 4.88 Å². The molecular formula is C11H20N2OS. The Balaban J connectivity index is 2.53. The van der Waals surface area contributed by atoms with Crippen LogP contribution in [0.5, 0.6) is 0 Å². The fourth-order valence-corrected chi connectivity index (χ4v) is 2.45. The lowest BCUT2D eigenvalue weighted by atomic mass is 10.2. The first-order valence-electron chi connectivity index (χ1n) is 5.40. The third kappa shape index (κ3) is 3.55. The standard InChI is InChI=1S/C11H20N2OS/c1-5-10(14)6-12-7(2)11-8(3)13-9(4)15-11/h7,10,12,14H,5-6H2,1-4H3. The van der Waals surface area contributed by atoms with Crippen molar-refractivity contribution in [1.29, 1.82) is 0 Å². The second kappa shape index (κ2) is 5.58. The van der Waals surface area contributed by atoms with Crippen LogP contribution in [0.2, 0.25) is 0 Å². The summed E-state index contributed by atoms with van der Waals surface area (Å²) >= 11 is 1.73. The minimum absolute atomic E-state index is 0.248. The summed E-state index contributed by atoms with van der Waals surface area (Å²) in [4.78, 5) is 5.67.